The fourth-order valence-corrected chi connectivity index (χ4v) is 1.31. The van der Waals surface area contributed by atoms with Crippen LogP contribution in [0.25, 0.3) is 0 Å². The second-order valence-electron chi connectivity index (χ2n) is 3.39. The third-order valence-electron chi connectivity index (χ3n) is 2.28. The molecule has 0 fully saturated rings. The molecule has 0 saturated heterocycles. The number of hydrogen-bond acceptors (Lipinski definition) is 2. The molecule has 0 bridgehead atoms. The van der Waals surface area contributed by atoms with Crippen LogP contribution in [0.4, 0.5) is 0 Å². The van der Waals surface area contributed by atoms with Crippen LogP contribution in [-0.2, 0) is 9.59 Å². The summed E-state index contributed by atoms with van der Waals surface area (Å²) in [6, 6.07) is 0. The molecule has 0 saturated carbocycles. The van der Waals surface area contributed by atoms with E-state index in [0.717, 1.165) is 0 Å². The first-order valence-corrected chi connectivity index (χ1v) is 3.93. The maximum Gasteiger partial charge on any atom is 0.165 e. The Bertz CT molecular complexity index is 253. The number of allylic oxidation sites excluding steroid dienone is 3. The monoisotopic (exact) mass is 164 g/mol. The van der Waals surface area contributed by atoms with E-state index in [0.29, 0.717) is 12.7 Å². The lowest BCUT2D eigenvalue weighted by atomic mass is 9.76. The van der Waals surface area contributed by atoms with Gasteiger partial charge in [0, 0.05) is 5.41 Å². The standard InChI is InChI=1S/C10H12O2/c1-3-10(2)5-4-9(12)8(6-10)7-11/h3-5,7-8H,1,6H2,2H3. The molecule has 2 unspecified atom stereocenters. The molecule has 0 aliphatic heterocycles. The molecular formula is C10H12O2. The second kappa shape index (κ2) is 3.05. The van der Waals surface area contributed by atoms with Crippen molar-refractivity contribution < 1.29 is 9.59 Å². The van der Waals surface area contributed by atoms with Crippen molar-refractivity contribution in [3.05, 3.63) is 24.8 Å². The third-order valence-corrected chi connectivity index (χ3v) is 2.28. The molecule has 2 atom stereocenters. The van der Waals surface area contributed by atoms with E-state index in [2.05, 4.69) is 6.58 Å². The quantitative estimate of drug-likeness (QED) is 0.352. The summed E-state index contributed by atoms with van der Waals surface area (Å²) < 4.78 is 0. The van der Waals surface area contributed by atoms with Gasteiger partial charge < -0.3 is 4.79 Å². The maximum atomic E-state index is 11.1. The molecule has 1 rings (SSSR count). The van der Waals surface area contributed by atoms with Crippen LogP contribution in [0.1, 0.15) is 13.3 Å². The van der Waals surface area contributed by atoms with Crippen molar-refractivity contribution in [3.8, 4) is 0 Å². The fourth-order valence-electron chi connectivity index (χ4n) is 1.31. The highest BCUT2D eigenvalue weighted by Gasteiger charge is 2.30. The molecule has 2 heteroatoms. The van der Waals surface area contributed by atoms with E-state index in [9.17, 15) is 9.59 Å². The topological polar surface area (TPSA) is 34.1 Å². The first-order chi connectivity index (χ1) is 5.61. The van der Waals surface area contributed by atoms with Crippen molar-refractivity contribution in [1.82, 2.24) is 0 Å². The molecule has 12 heavy (non-hydrogen) atoms. The van der Waals surface area contributed by atoms with Gasteiger partial charge >= 0.3 is 0 Å². The molecule has 0 aromatic rings. The molecule has 0 aromatic heterocycles. The third kappa shape index (κ3) is 1.52. The predicted molar refractivity (Wildman–Crippen MR) is 46.6 cm³/mol. The average Bonchev–Trinajstić information content (AvgIpc) is 2.10. The lowest BCUT2D eigenvalue weighted by Crippen LogP contribution is -2.27. The second-order valence-corrected chi connectivity index (χ2v) is 3.39. The lowest BCUT2D eigenvalue weighted by Gasteiger charge is -2.27. The van der Waals surface area contributed by atoms with Gasteiger partial charge in [-0.2, -0.15) is 0 Å². The van der Waals surface area contributed by atoms with Gasteiger partial charge in [0.1, 0.15) is 6.29 Å². The first-order valence-electron chi connectivity index (χ1n) is 3.93. The highest BCUT2D eigenvalue weighted by molar-refractivity contribution is 6.01. The molecular weight excluding hydrogens is 152 g/mol. The maximum absolute atomic E-state index is 11.1. The number of hydrogen-bond donors (Lipinski definition) is 0. The van der Waals surface area contributed by atoms with Gasteiger partial charge in [-0.05, 0) is 12.5 Å². The Morgan fingerprint density at radius 1 is 1.75 bits per heavy atom. The molecule has 1 aliphatic rings. The summed E-state index contributed by atoms with van der Waals surface area (Å²) in [5.74, 6) is -0.567. The smallest absolute Gasteiger partial charge is 0.165 e. The minimum absolute atomic E-state index is 0.0932. The van der Waals surface area contributed by atoms with Crippen LogP contribution in [0.2, 0.25) is 0 Å². The number of aldehydes is 1. The molecule has 2 nitrogen and oxygen atoms in total. The van der Waals surface area contributed by atoms with Crippen molar-refractivity contribution in [2.45, 2.75) is 13.3 Å². The van der Waals surface area contributed by atoms with Crippen molar-refractivity contribution in [2.24, 2.45) is 11.3 Å². The van der Waals surface area contributed by atoms with Gasteiger partial charge in [-0.15, -0.1) is 6.58 Å². The Balaban J connectivity index is 2.91. The fraction of sp³-hybridized carbons (Fsp3) is 0.400. The summed E-state index contributed by atoms with van der Waals surface area (Å²) in [6.45, 7) is 5.63. The molecule has 1 aliphatic carbocycles. The minimum Gasteiger partial charge on any atom is -0.303 e. The van der Waals surface area contributed by atoms with Gasteiger partial charge in [-0.3, -0.25) is 4.79 Å². The minimum atomic E-state index is -0.474. The highest BCUT2D eigenvalue weighted by Crippen LogP contribution is 2.32. The van der Waals surface area contributed by atoms with E-state index in [4.69, 9.17) is 0 Å². The lowest BCUT2D eigenvalue weighted by molar-refractivity contribution is -0.125. The van der Waals surface area contributed by atoms with Crippen LogP contribution in [0, 0.1) is 11.3 Å². The van der Waals surface area contributed by atoms with Crippen LogP contribution in [-0.4, -0.2) is 12.1 Å². The van der Waals surface area contributed by atoms with Crippen LogP contribution in [0.5, 0.6) is 0 Å². The van der Waals surface area contributed by atoms with E-state index in [1.807, 2.05) is 13.0 Å². The van der Waals surface area contributed by atoms with E-state index in [1.54, 1.807) is 6.08 Å². The zero-order chi connectivity index (χ0) is 9.19. The van der Waals surface area contributed by atoms with E-state index in [1.165, 1.54) is 6.08 Å². The highest BCUT2D eigenvalue weighted by atomic mass is 16.1. The Morgan fingerprint density at radius 3 is 2.92 bits per heavy atom. The van der Waals surface area contributed by atoms with Crippen LogP contribution in [0.15, 0.2) is 24.8 Å². The first kappa shape index (κ1) is 8.91. The summed E-state index contributed by atoms with van der Waals surface area (Å²) >= 11 is 0. The summed E-state index contributed by atoms with van der Waals surface area (Å²) in [4.78, 5) is 21.6. The SMILES string of the molecule is C=CC1(C)C=CC(=O)C(C=O)C1. The molecule has 0 aromatic carbocycles. The van der Waals surface area contributed by atoms with Crippen molar-refractivity contribution in [3.63, 3.8) is 0 Å². The number of rotatable bonds is 2. The zero-order valence-electron chi connectivity index (χ0n) is 7.12. The van der Waals surface area contributed by atoms with Gasteiger partial charge in [0.25, 0.3) is 0 Å². The van der Waals surface area contributed by atoms with E-state index in [-0.39, 0.29) is 11.2 Å². The largest absolute Gasteiger partial charge is 0.303 e. The van der Waals surface area contributed by atoms with E-state index < -0.39 is 5.92 Å². The van der Waals surface area contributed by atoms with Gasteiger partial charge in [0.05, 0.1) is 5.92 Å². The van der Waals surface area contributed by atoms with Gasteiger partial charge in [0.2, 0.25) is 0 Å². The molecule has 0 amide bonds. The Labute approximate surface area is 72.0 Å². The zero-order valence-corrected chi connectivity index (χ0v) is 7.12. The van der Waals surface area contributed by atoms with Crippen LogP contribution in [0.3, 0.4) is 0 Å². The molecule has 0 spiro atoms. The van der Waals surface area contributed by atoms with Crippen LogP contribution >= 0.6 is 0 Å². The van der Waals surface area contributed by atoms with Gasteiger partial charge in [0.15, 0.2) is 5.78 Å². The number of carbonyl (C=O) groups excluding carboxylic acids is 2. The summed E-state index contributed by atoms with van der Waals surface area (Å²) in [6.07, 6.45) is 6.32. The molecule has 64 valence electrons. The molecule has 0 radical (unpaired) electrons. The Morgan fingerprint density at radius 2 is 2.42 bits per heavy atom. The molecule has 0 N–H and O–H groups in total. The Kier molecular flexibility index (Phi) is 2.27. The van der Waals surface area contributed by atoms with Crippen molar-refractivity contribution in [2.75, 3.05) is 0 Å². The van der Waals surface area contributed by atoms with Gasteiger partial charge in [-0.25, -0.2) is 0 Å². The summed E-state index contributed by atoms with van der Waals surface area (Å²) in [5, 5.41) is 0. The summed E-state index contributed by atoms with van der Waals surface area (Å²) in [5.41, 5.74) is -0.195. The number of carbonyl (C=O) groups is 2. The normalized spacial score (nSPS) is 34.8. The molecule has 0 heterocycles. The Hall–Kier alpha value is -1.18. The number of ketones is 1. The van der Waals surface area contributed by atoms with Crippen molar-refractivity contribution >= 4 is 12.1 Å². The van der Waals surface area contributed by atoms with Gasteiger partial charge in [-0.1, -0.05) is 19.1 Å². The summed E-state index contributed by atoms with van der Waals surface area (Å²) in [7, 11) is 0. The predicted octanol–water partition coefficient (Wildman–Crippen LogP) is 1.52. The van der Waals surface area contributed by atoms with E-state index >= 15 is 0 Å². The van der Waals surface area contributed by atoms with Crippen LogP contribution < -0.4 is 0 Å². The van der Waals surface area contributed by atoms with Crippen molar-refractivity contribution in [1.29, 1.82) is 0 Å². The average molecular weight is 164 g/mol.